The fourth-order valence-electron chi connectivity index (χ4n) is 2.63. The van der Waals surface area contributed by atoms with Gasteiger partial charge in [0.15, 0.2) is 0 Å². The highest BCUT2D eigenvalue weighted by Crippen LogP contribution is 2.21. The summed E-state index contributed by atoms with van der Waals surface area (Å²) in [5, 5.41) is 4.53. The van der Waals surface area contributed by atoms with Crippen LogP contribution in [0.4, 0.5) is 17.2 Å². The summed E-state index contributed by atoms with van der Waals surface area (Å²) in [4.78, 5) is 6.97. The van der Waals surface area contributed by atoms with Crippen LogP contribution in [-0.2, 0) is 0 Å². The zero-order valence-corrected chi connectivity index (χ0v) is 13.1. The molecule has 0 aliphatic rings. The van der Waals surface area contributed by atoms with E-state index in [2.05, 4.69) is 65.4 Å². The van der Waals surface area contributed by atoms with Gasteiger partial charge in [-0.25, -0.2) is 4.98 Å². The summed E-state index contributed by atoms with van der Waals surface area (Å²) in [5.74, 6) is 0.870. The van der Waals surface area contributed by atoms with Crippen molar-refractivity contribution in [3.63, 3.8) is 0 Å². The first-order valence-corrected chi connectivity index (χ1v) is 7.78. The topological polar surface area (TPSA) is 28.2 Å². The van der Waals surface area contributed by atoms with Crippen molar-refractivity contribution in [1.82, 2.24) is 4.98 Å². The van der Waals surface area contributed by atoms with Gasteiger partial charge in [-0.15, -0.1) is 0 Å². The molecule has 1 N–H and O–H groups in total. The largest absolute Gasteiger partial charge is 0.372 e. The minimum Gasteiger partial charge on any atom is -0.372 e. The molecule has 0 saturated heterocycles. The van der Waals surface area contributed by atoms with Gasteiger partial charge in [0.1, 0.15) is 5.82 Å². The van der Waals surface area contributed by atoms with Crippen LogP contribution in [0.5, 0.6) is 0 Å². The highest BCUT2D eigenvalue weighted by molar-refractivity contribution is 5.80. The molecule has 0 amide bonds. The van der Waals surface area contributed by atoms with Crippen molar-refractivity contribution >= 4 is 28.1 Å². The molecule has 0 fully saturated rings. The molecule has 1 aromatic heterocycles. The molecule has 0 aliphatic carbocycles. The Hall–Kier alpha value is -2.55. The van der Waals surface area contributed by atoms with Crippen molar-refractivity contribution in [2.24, 2.45) is 0 Å². The first-order valence-electron chi connectivity index (χ1n) is 7.78. The standard InChI is InChI=1S/C19H21N3/c1-3-22(4-2)17-12-10-16(11-13-17)20-19-14-9-15-7-5-6-8-18(15)21-19/h5-14H,3-4H2,1-2H3,(H,20,21). The predicted octanol–water partition coefficient (Wildman–Crippen LogP) is 4.82. The maximum absolute atomic E-state index is 4.64. The molecule has 3 nitrogen and oxygen atoms in total. The van der Waals surface area contributed by atoms with Gasteiger partial charge in [0.25, 0.3) is 0 Å². The van der Waals surface area contributed by atoms with Crippen LogP contribution in [0.2, 0.25) is 0 Å². The second-order valence-electron chi connectivity index (χ2n) is 5.23. The van der Waals surface area contributed by atoms with Crippen LogP contribution in [0.15, 0.2) is 60.7 Å². The quantitative estimate of drug-likeness (QED) is 0.730. The van der Waals surface area contributed by atoms with Crippen LogP contribution < -0.4 is 10.2 Å². The van der Waals surface area contributed by atoms with Crippen LogP contribution in [-0.4, -0.2) is 18.1 Å². The van der Waals surface area contributed by atoms with E-state index in [0.29, 0.717) is 0 Å². The molecule has 0 bridgehead atoms. The van der Waals surface area contributed by atoms with Crippen LogP contribution in [0.1, 0.15) is 13.8 Å². The SMILES string of the molecule is CCN(CC)c1ccc(Nc2ccc3ccccc3n2)cc1. The molecule has 0 radical (unpaired) electrons. The number of anilines is 3. The first kappa shape index (κ1) is 14.4. The number of aromatic nitrogens is 1. The Labute approximate surface area is 131 Å². The smallest absolute Gasteiger partial charge is 0.131 e. The zero-order chi connectivity index (χ0) is 15.4. The van der Waals surface area contributed by atoms with Crippen LogP contribution >= 0.6 is 0 Å². The number of para-hydroxylation sites is 1. The molecule has 3 heteroatoms. The molecule has 1 heterocycles. The summed E-state index contributed by atoms with van der Waals surface area (Å²) >= 11 is 0. The summed E-state index contributed by atoms with van der Waals surface area (Å²) in [6.07, 6.45) is 0. The number of hydrogen-bond acceptors (Lipinski definition) is 3. The fourth-order valence-corrected chi connectivity index (χ4v) is 2.63. The average Bonchev–Trinajstić information content (AvgIpc) is 2.57. The number of nitrogens with zero attached hydrogens (tertiary/aromatic N) is 2. The van der Waals surface area contributed by atoms with Gasteiger partial charge in [0, 0.05) is 29.9 Å². The van der Waals surface area contributed by atoms with E-state index in [1.54, 1.807) is 0 Å². The van der Waals surface area contributed by atoms with E-state index >= 15 is 0 Å². The second-order valence-corrected chi connectivity index (χ2v) is 5.23. The third-order valence-electron chi connectivity index (χ3n) is 3.87. The van der Waals surface area contributed by atoms with E-state index in [1.807, 2.05) is 24.3 Å². The van der Waals surface area contributed by atoms with Gasteiger partial charge >= 0.3 is 0 Å². The first-order chi connectivity index (χ1) is 10.8. The van der Waals surface area contributed by atoms with E-state index in [9.17, 15) is 0 Å². The number of nitrogens with one attached hydrogen (secondary N) is 1. The maximum Gasteiger partial charge on any atom is 0.131 e. The van der Waals surface area contributed by atoms with Crippen LogP contribution in [0.25, 0.3) is 10.9 Å². The normalized spacial score (nSPS) is 10.6. The lowest BCUT2D eigenvalue weighted by Crippen LogP contribution is -2.21. The third kappa shape index (κ3) is 3.03. The summed E-state index contributed by atoms with van der Waals surface area (Å²) in [7, 11) is 0. The Balaban J connectivity index is 1.79. The van der Waals surface area contributed by atoms with Crippen LogP contribution in [0, 0.1) is 0 Å². The lowest BCUT2D eigenvalue weighted by molar-refractivity contribution is 0.866. The Morgan fingerprint density at radius 3 is 2.32 bits per heavy atom. The summed E-state index contributed by atoms with van der Waals surface area (Å²) in [5.41, 5.74) is 3.31. The lowest BCUT2D eigenvalue weighted by Gasteiger charge is -2.21. The van der Waals surface area contributed by atoms with E-state index in [4.69, 9.17) is 0 Å². The Morgan fingerprint density at radius 2 is 1.59 bits per heavy atom. The predicted molar refractivity (Wildman–Crippen MR) is 95.0 cm³/mol. The summed E-state index contributed by atoms with van der Waals surface area (Å²) in [6.45, 7) is 6.40. The molecule has 0 aliphatic heterocycles. The number of fused-ring (bicyclic) bond motifs is 1. The number of rotatable bonds is 5. The van der Waals surface area contributed by atoms with Crippen molar-refractivity contribution in [1.29, 1.82) is 0 Å². The molecule has 3 rings (SSSR count). The van der Waals surface area contributed by atoms with Gasteiger partial charge < -0.3 is 10.2 Å². The van der Waals surface area contributed by atoms with E-state index in [-0.39, 0.29) is 0 Å². The highest BCUT2D eigenvalue weighted by atomic mass is 15.1. The molecular weight excluding hydrogens is 270 g/mol. The second kappa shape index (κ2) is 6.48. The minimum absolute atomic E-state index is 0.870. The Morgan fingerprint density at radius 1 is 0.864 bits per heavy atom. The van der Waals surface area contributed by atoms with Crippen molar-refractivity contribution in [3.05, 3.63) is 60.7 Å². The lowest BCUT2D eigenvalue weighted by atomic mass is 10.2. The van der Waals surface area contributed by atoms with E-state index < -0.39 is 0 Å². The third-order valence-corrected chi connectivity index (χ3v) is 3.87. The van der Waals surface area contributed by atoms with Gasteiger partial charge in [-0.1, -0.05) is 18.2 Å². The van der Waals surface area contributed by atoms with E-state index in [0.717, 1.165) is 35.5 Å². The van der Waals surface area contributed by atoms with E-state index in [1.165, 1.54) is 5.69 Å². The van der Waals surface area contributed by atoms with Gasteiger partial charge in [0.2, 0.25) is 0 Å². The highest BCUT2D eigenvalue weighted by Gasteiger charge is 2.02. The minimum atomic E-state index is 0.870. The van der Waals surface area contributed by atoms with Crippen molar-refractivity contribution in [3.8, 4) is 0 Å². The van der Waals surface area contributed by atoms with Gasteiger partial charge in [-0.3, -0.25) is 0 Å². The number of pyridine rings is 1. The molecule has 0 unspecified atom stereocenters. The zero-order valence-electron chi connectivity index (χ0n) is 13.1. The monoisotopic (exact) mass is 291 g/mol. The summed E-state index contributed by atoms with van der Waals surface area (Å²) in [6, 6.07) is 20.8. The molecule has 0 saturated carbocycles. The van der Waals surface area contributed by atoms with Gasteiger partial charge in [-0.2, -0.15) is 0 Å². The maximum atomic E-state index is 4.64. The average molecular weight is 291 g/mol. The molecule has 22 heavy (non-hydrogen) atoms. The summed E-state index contributed by atoms with van der Waals surface area (Å²) < 4.78 is 0. The van der Waals surface area contributed by atoms with Crippen molar-refractivity contribution in [2.45, 2.75) is 13.8 Å². The molecular formula is C19H21N3. The fraction of sp³-hybridized carbons (Fsp3) is 0.211. The van der Waals surface area contributed by atoms with Gasteiger partial charge in [-0.05, 0) is 56.3 Å². The molecule has 0 atom stereocenters. The number of hydrogen-bond donors (Lipinski definition) is 1. The van der Waals surface area contributed by atoms with Gasteiger partial charge in [0.05, 0.1) is 5.52 Å². The Bertz CT molecular complexity index is 746. The molecule has 2 aromatic carbocycles. The Kier molecular flexibility index (Phi) is 4.24. The van der Waals surface area contributed by atoms with Crippen molar-refractivity contribution < 1.29 is 0 Å². The molecule has 0 spiro atoms. The molecule has 112 valence electrons. The number of benzene rings is 2. The van der Waals surface area contributed by atoms with Crippen molar-refractivity contribution in [2.75, 3.05) is 23.3 Å². The molecule has 3 aromatic rings. The van der Waals surface area contributed by atoms with Crippen LogP contribution in [0.3, 0.4) is 0 Å².